The lowest BCUT2D eigenvalue weighted by Crippen LogP contribution is -2.29. The highest BCUT2D eigenvalue weighted by atomic mass is 16.5. The highest BCUT2D eigenvalue weighted by molar-refractivity contribution is 5.60. The van der Waals surface area contributed by atoms with Crippen molar-refractivity contribution in [1.82, 2.24) is 4.98 Å². The molecule has 0 atom stereocenters. The molecular formula is C18H21N3O2. The lowest BCUT2D eigenvalue weighted by Gasteiger charge is -2.25. The van der Waals surface area contributed by atoms with E-state index in [1.165, 1.54) is 6.42 Å². The van der Waals surface area contributed by atoms with Crippen LogP contribution >= 0.6 is 0 Å². The van der Waals surface area contributed by atoms with Crippen molar-refractivity contribution in [2.45, 2.75) is 32.6 Å². The summed E-state index contributed by atoms with van der Waals surface area (Å²) in [5.74, 6) is 1.93. The minimum atomic E-state index is 0.369. The lowest BCUT2D eigenvalue weighted by molar-refractivity contribution is 0.317. The van der Waals surface area contributed by atoms with Gasteiger partial charge in [-0.2, -0.15) is 10.2 Å². The molecule has 0 saturated carbocycles. The minimum Gasteiger partial charge on any atom is -0.494 e. The Bertz CT molecular complexity index is 679. The van der Waals surface area contributed by atoms with Crippen molar-refractivity contribution in [3.05, 3.63) is 30.0 Å². The van der Waals surface area contributed by atoms with Crippen LogP contribution in [0.1, 0.15) is 38.3 Å². The van der Waals surface area contributed by atoms with E-state index in [-0.39, 0.29) is 0 Å². The zero-order valence-electron chi connectivity index (χ0n) is 13.4. The van der Waals surface area contributed by atoms with Gasteiger partial charge in [0.15, 0.2) is 0 Å². The fourth-order valence-corrected chi connectivity index (χ4v) is 2.73. The van der Waals surface area contributed by atoms with Gasteiger partial charge < -0.3 is 14.1 Å². The molecule has 1 aromatic heterocycles. The first-order valence-corrected chi connectivity index (χ1v) is 8.21. The van der Waals surface area contributed by atoms with Gasteiger partial charge in [-0.3, -0.25) is 0 Å². The number of oxazole rings is 1. The van der Waals surface area contributed by atoms with E-state index in [2.05, 4.69) is 22.9 Å². The maximum atomic E-state index is 9.33. The number of nitriles is 1. The van der Waals surface area contributed by atoms with Crippen molar-refractivity contribution in [3.63, 3.8) is 0 Å². The maximum Gasteiger partial charge on any atom is 0.235 e. The summed E-state index contributed by atoms with van der Waals surface area (Å²) in [6.07, 6.45) is 4.47. The molecule has 5 heteroatoms. The average Bonchev–Trinajstić information content (AvgIpc) is 3.05. The smallest absolute Gasteiger partial charge is 0.235 e. The topological polar surface area (TPSA) is 62.3 Å². The Kier molecular flexibility index (Phi) is 4.82. The molecule has 1 fully saturated rings. The second kappa shape index (κ2) is 7.19. The summed E-state index contributed by atoms with van der Waals surface area (Å²) >= 11 is 0. The Hall–Kier alpha value is -2.48. The van der Waals surface area contributed by atoms with Crippen LogP contribution in [0.5, 0.6) is 5.75 Å². The summed E-state index contributed by atoms with van der Waals surface area (Å²) in [6.45, 7) is 4.63. The molecular weight excluding hydrogens is 290 g/mol. The van der Waals surface area contributed by atoms with Gasteiger partial charge in [0.05, 0.1) is 6.61 Å². The zero-order chi connectivity index (χ0) is 16.1. The molecule has 0 unspecified atom stereocenters. The SMILES string of the molecule is CCCOc1ccc(-c2nc(C#N)c(N3CCCCC3)o2)cc1. The molecule has 5 nitrogen and oxygen atoms in total. The third kappa shape index (κ3) is 3.48. The van der Waals surface area contributed by atoms with Crippen LogP contribution in [0.2, 0.25) is 0 Å². The van der Waals surface area contributed by atoms with Gasteiger partial charge in [0, 0.05) is 18.7 Å². The number of hydrogen-bond acceptors (Lipinski definition) is 5. The van der Waals surface area contributed by atoms with Crippen molar-refractivity contribution in [1.29, 1.82) is 5.26 Å². The minimum absolute atomic E-state index is 0.369. The van der Waals surface area contributed by atoms with Gasteiger partial charge in [-0.25, -0.2) is 0 Å². The van der Waals surface area contributed by atoms with Crippen LogP contribution in [0.3, 0.4) is 0 Å². The van der Waals surface area contributed by atoms with Gasteiger partial charge in [-0.15, -0.1) is 0 Å². The zero-order valence-corrected chi connectivity index (χ0v) is 13.4. The van der Waals surface area contributed by atoms with E-state index in [0.29, 0.717) is 24.1 Å². The highest BCUT2D eigenvalue weighted by Crippen LogP contribution is 2.30. The number of nitrogens with zero attached hydrogens (tertiary/aromatic N) is 3. The van der Waals surface area contributed by atoms with Crippen LogP contribution in [0.25, 0.3) is 11.5 Å². The molecule has 1 aromatic carbocycles. The Labute approximate surface area is 136 Å². The molecule has 120 valence electrons. The standard InChI is InChI=1S/C18H21N3O2/c1-2-12-22-15-8-6-14(7-9-15)17-20-16(13-19)18(23-17)21-10-4-3-5-11-21/h6-9H,2-5,10-12H2,1H3. The second-order valence-electron chi connectivity index (χ2n) is 5.71. The monoisotopic (exact) mass is 311 g/mol. The molecule has 0 bridgehead atoms. The third-order valence-corrected chi connectivity index (χ3v) is 3.93. The Morgan fingerprint density at radius 2 is 1.96 bits per heavy atom. The molecule has 0 amide bonds. The largest absolute Gasteiger partial charge is 0.494 e. The van der Waals surface area contributed by atoms with Crippen molar-refractivity contribution in [2.24, 2.45) is 0 Å². The van der Waals surface area contributed by atoms with Gasteiger partial charge in [0.2, 0.25) is 17.5 Å². The summed E-state index contributed by atoms with van der Waals surface area (Å²) in [5, 5.41) is 9.33. The quantitative estimate of drug-likeness (QED) is 0.835. The number of hydrogen-bond donors (Lipinski definition) is 0. The predicted molar refractivity (Wildman–Crippen MR) is 88.5 cm³/mol. The number of rotatable bonds is 5. The Balaban J connectivity index is 1.82. The van der Waals surface area contributed by atoms with Crippen LogP contribution in [-0.4, -0.2) is 24.7 Å². The van der Waals surface area contributed by atoms with E-state index in [1.54, 1.807) is 0 Å². The number of piperidine rings is 1. The van der Waals surface area contributed by atoms with Crippen LogP contribution in [-0.2, 0) is 0 Å². The van der Waals surface area contributed by atoms with Crippen molar-refractivity contribution in [2.75, 3.05) is 24.6 Å². The van der Waals surface area contributed by atoms with E-state index in [9.17, 15) is 5.26 Å². The van der Waals surface area contributed by atoms with Crippen LogP contribution in [0.15, 0.2) is 28.7 Å². The maximum absolute atomic E-state index is 9.33. The second-order valence-corrected chi connectivity index (χ2v) is 5.71. The van der Waals surface area contributed by atoms with E-state index >= 15 is 0 Å². The fraction of sp³-hybridized carbons (Fsp3) is 0.444. The molecule has 0 aliphatic carbocycles. The normalized spacial score (nSPS) is 14.5. The highest BCUT2D eigenvalue weighted by Gasteiger charge is 2.21. The van der Waals surface area contributed by atoms with Crippen molar-refractivity contribution >= 4 is 5.88 Å². The van der Waals surface area contributed by atoms with Crippen LogP contribution in [0, 0.1) is 11.3 Å². The average molecular weight is 311 g/mol. The summed E-state index contributed by atoms with van der Waals surface area (Å²) in [6, 6.07) is 9.79. The van der Waals surface area contributed by atoms with Crippen molar-refractivity contribution in [3.8, 4) is 23.3 Å². The summed E-state index contributed by atoms with van der Waals surface area (Å²) in [5.41, 5.74) is 1.22. The Morgan fingerprint density at radius 3 is 2.61 bits per heavy atom. The molecule has 1 aliphatic heterocycles. The third-order valence-electron chi connectivity index (χ3n) is 3.93. The molecule has 0 spiro atoms. The van der Waals surface area contributed by atoms with Gasteiger partial charge >= 0.3 is 0 Å². The molecule has 3 rings (SSSR count). The van der Waals surface area contributed by atoms with E-state index in [4.69, 9.17) is 9.15 Å². The number of ether oxygens (including phenoxy) is 1. The van der Waals surface area contributed by atoms with Crippen LogP contribution in [0.4, 0.5) is 5.88 Å². The summed E-state index contributed by atoms with van der Waals surface area (Å²) in [7, 11) is 0. The molecule has 2 heterocycles. The first kappa shape index (κ1) is 15.4. The Morgan fingerprint density at radius 1 is 1.22 bits per heavy atom. The fourth-order valence-electron chi connectivity index (χ4n) is 2.73. The first-order valence-electron chi connectivity index (χ1n) is 8.21. The predicted octanol–water partition coefficient (Wildman–Crippen LogP) is 3.99. The van der Waals surface area contributed by atoms with Crippen molar-refractivity contribution < 1.29 is 9.15 Å². The number of anilines is 1. The molecule has 2 aromatic rings. The molecule has 1 saturated heterocycles. The summed E-state index contributed by atoms with van der Waals surface area (Å²) < 4.78 is 11.5. The summed E-state index contributed by atoms with van der Waals surface area (Å²) in [4.78, 5) is 6.48. The number of aromatic nitrogens is 1. The van der Waals surface area contributed by atoms with E-state index < -0.39 is 0 Å². The molecule has 0 radical (unpaired) electrons. The molecule has 0 N–H and O–H groups in total. The van der Waals surface area contributed by atoms with Gasteiger partial charge in [-0.1, -0.05) is 6.92 Å². The van der Waals surface area contributed by atoms with Gasteiger partial charge in [-0.05, 0) is 49.9 Å². The number of benzene rings is 1. The van der Waals surface area contributed by atoms with E-state index in [0.717, 1.165) is 43.7 Å². The van der Waals surface area contributed by atoms with E-state index in [1.807, 2.05) is 24.3 Å². The van der Waals surface area contributed by atoms with Gasteiger partial charge in [0.1, 0.15) is 11.8 Å². The first-order chi connectivity index (χ1) is 11.3. The van der Waals surface area contributed by atoms with Crippen LogP contribution < -0.4 is 9.64 Å². The molecule has 23 heavy (non-hydrogen) atoms. The molecule has 1 aliphatic rings. The lowest BCUT2D eigenvalue weighted by atomic mass is 10.1. The van der Waals surface area contributed by atoms with Gasteiger partial charge in [0.25, 0.3) is 0 Å².